The van der Waals surface area contributed by atoms with Gasteiger partial charge in [0.15, 0.2) is 0 Å². The van der Waals surface area contributed by atoms with E-state index in [0.29, 0.717) is 12.6 Å². The first-order valence-corrected chi connectivity index (χ1v) is 7.06. The molecule has 2 aromatic carbocycles. The second-order valence-corrected chi connectivity index (χ2v) is 5.41. The SMILES string of the molecule is CC(C)N(Cc1ccccc1)Cc1ccc(F)c(C#N)c1. The van der Waals surface area contributed by atoms with Gasteiger partial charge in [0.2, 0.25) is 0 Å². The summed E-state index contributed by atoms with van der Waals surface area (Å²) in [5, 5.41) is 8.92. The molecule has 0 radical (unpaired) electrons. The third-order valence-corrected chi connectivity index (χ3v) is 3.50. The zero-order valence-corrected chi connectivity index (χ0v) is 12.4. The van der Waals surface area contributed by atoms with Crippen LogP contribution in [0, 0.1) is 17.1 Å². The molecule has 0 aliphatic rings. The first-order chi connectivity index (χ1) is 10.1. The highest BCUT2D eigenvalue weighted by Gasteiger charge is 2.12. The van der Waals surface area contributed by atoms with Crippen LogP contribution in [0.25, 0.3) is 0 Å². The standard InChI is InChI=1S/C18H19FN2/c1-14(2)21(12-15-6-4-3-5-7-15)13-16-8-9-18(19)17(10-16)11-20/h3-10,14H,12-13H2,1-2H3. The number of hydrogen-bond acceptors (Lipinski definition) is 2. The minimum Gasteiger partial charge on any atom is -0.292 e. The molecular formula is C18H19FN2. The third-order valence-electron chi connectivity index (χ3n) is 3.50. The van der Waals surface area contributed by atoms with E-state index in [0.717, 1.165) is 12.1 Å². The minimum absolute atomic E-state index is 0.107. The van der Waals surface area contributed by atoms with Crippen LogP contribution >= 0.6 is 0 Å². The van der Waals surface area contributed by atoms with Crippen molar-refractivity contribution in [1.29, 1.82) is 5.26 Å². The molecular weight excluding hydrogens is 263 g/mol. The van der Waals surface area contributed by atoms with Gasteiger partial charge in [-0.2, -0.15) is 5.26 Å². The summed E-state index contributed by atoms with van der Waals surface area (Å²) in [5.41, 5.74) is 2.31. The van der Waals surface area contributed by atoms with Crippen LogP contribution in [0.15, 0.2) is 48.5 Å². The van der Waals surface area contributed by atoms with Gasteiger partial charge in [0.1, 0.15) is 11.9 Å². The zero-order chi connectivity index (χ0) is 15.2. The van der Waals surface area contributed by atoms with Crippen molar-refractivity contribution < 1.29 is 4.39 Å². The molecule has 2 nitrogen and oxygen atoms in total. The summed E-state index contributed by atoms with van der Waals surface area (Å²) in [4.78, 5) is 2.30. The monoisotopic (exact) mass is 282 g/mol. The normalized spacial score (nSPS) is 10.9. The van der Waals surface area contributed by atoms with Gasteiger partial charge in [0.05, 0.1) is 5.56 Å². The number of halogens is 1. The minimum atomic E-state index is -0.458. The van der Waals surface area contributed by atoms with E-state index >= 15 is 0 Å². The predicted octanol–water partition coefficient (Wildman–Crippen LogP) is 4.11. The van der Waals surface area contributed by atoms with Crippen molar-refractivity contribution in [3.8, 4) is 6.07 Å². The molecule has 0 aliphatic heterocycles. The van der Waals surface area contributed by atoms with Crippen molar-refractivity contribution in [1.82, 2.24) is 4.90 Å². The summed E-state index contributed by atoms with van der Waals surface area (Å²) < 4.78 is 13.4. The van der Waals surface area contributed by atoms with E-state index in [1.54, 1.807) is 12.1 Å². The van der Waals surface area contributed by atoms with Crippen molar-refractivity contribution in [2.45, 2.75) is 33.0 Å². The Morgan fingerprint density at radius 1 is 1.05 bits per heavy atom. The second-order valence-electron chi connectivity index (χ2n) is 5.41. The van der Waals surface area contributed by atoms with Gasteiger partial charge in [-0.15, -0.1) is 0 Å². The fraction of sp³-hybridized carbons (Fsp3) is 0.278. The van der Waals surface area contributed by atoms with Gasteiger partial charge < -0.3 is 0 Å². The summed E-state index contributed by atoms with van der Waals surface area (Å²) in [7, 11) is 0. The maximum atomic E-state index is 13.4. The third kappa shape index (κ3) is 4.14. The van der Waals surface area contributed by atoms with Crippen molar-refractivity contribution in [2.75, 3.05) is 0 Å². The van der Waals surface area contributed by atoms with E-state index in [4.69, 9.17) is 5.26 Å². The highest BCUT2D eigenvalue weighted by atomic mass is 19.1. The molecule has 0 aromatic heterocycles. The number of benzene rings is 2. The second kappa shape index (κ2) is 7.01. The van der Waals surface area contributed by atoms with Crippen LogP contribution in [0.4, 0.5) is 4.39 Å². The van der Waals surface area contributed by atoms with E-state index < -0.39 is 5.82 Å². The van der Waals surface area contributed by atoms with Crippen LogP contribution in [-0.4, -0.2) is 10.9 Å². The molecule has 0 atom stereocenters. The maximum Gasteiger partial charge on any atom is 0.140 e. The fourth-order valence-corrected chi connectivity index (χ4v) is 2.23. The number of rotatable bonds is 5. The molecule has 0 saturated carbocycles. The van der Waals surface area contributed by atoms with Crippen LogP contribution in [0.2, 0.25) is 0 Å². The number of hydrogen-bond donors (Lipinski definition) is 0. The summed E-state index contributed by atoms with van der Waals surface area (Å²) in [6.45, 7) is 5.80. The molecule has 2 aromatic rings. The van der Waals surface area contributed by atoms with Gasteiger partial charge >= 0.3 is 0 Å². The Morgan fingerprint density at radius 3 is 2.33 bits per heavy atom. The zero-order valence-electron chi connectivity index (χ0n) is 12.4. The number of nitriles is 1. The molecule has 0 spiro atoms. The maximum absolute atomic E-state index is 13.4. The van der Waals surface area contributed by atoms with Gasteiger partial charge in [-0.3, -0.25) is 4.90 Å². The first kappa shape index (κ1) is 15.2. The summed E-state index contributed by atoms with van der Waals surface area (Å²) in [5.74, 6) is -0.458. The first-order valence-electron chi connectivity index (χ1n) is 7.06. The van der Waals surface area contributed by atoms with Crippen LogP contribution in [0.5, 0.6) is 0 Å². The summed E-state index contributed by atoms with van der Waals surface area (Å²) in [6, 6.07) is 17.3. The van der Waals surface area contributed by atoms with E-state index in [1.807, 2.05) is 24.3 Å². The van der Waals surface area contributed by atoms with Crippen LogP contribution in [-0.2, 0) is 13.1 Å². The van der Waals surface area contributed by atoms with Gasteiger partial charge in [0, 0.05) is 19.1 Å². The molecule has 21 heavy (non-hydrogen) atoms. The molecule has 0 saturated heterocycles. The van der Waals surface area contributed by atoms with Gasteiger partial charge in [-0.25, -0.2) is 4.39 Å². The lowest BCUT2D eigenvalue weighted by Crippen LogP contribution is -2.29. The molecule has 0 heterocycles. The van der Waals surface area contributed by atoms with Crippen molar-refractivity contribution in [3.63, 3.8) is 0 Å². The molecule has 0 amide bonds. The van der Waals surface area contributed by atoms with Gasteiger partial charge in [0.25, 0.3) is 0 Å². The quantitative estimate of drug-likeness (QED) is 0.825. The highest BCUT2D eigenvalue weighted by molar-refractivity contribution is 5.34. The lowest BCUT2D eigenvalue weighted by Gasteiger charge is -2.26. The Balaban J connectivity index is 2.15. The molecule has 0 unspecified atom stereocenters. The van der Waals surface area contributed by atoms with E-state index in [2.05, 4.69) is 30.9 Å². The molecule has 108 valence electrons. The summed E-state index contributed by atoms with van der Waals surface area (Å²) >= 11 is 0. The summed E-state index contributed by atoms with van der Waals surface area (Å²) in [6.07, 6.45) is 0. The smallest absolute Gasteiger partial charge is 0.140 e. The van der Waals surface area contributed by atoms with Crippen LogP contribution in [0.1, 0.15) is 30.5 Å². The van der Waals surface area contributed by atoms with E-state index in [9.17, 15) is 4.39 Å². The van der Waals surface area contributed by atoms with Crippen LogP contribution in [0.3, 0.4) is 0 Å². The van der Waals surface area contributed by atoms with E-state index in [1.165, 1.54) is 11.6 Å². The molecule has 0 bridgehead atoms. The van der Waals surface area contributed by atoms with Crippen molar-refractivity contribution >= 4 is 0 Å². The van der Waals surface area contributed by atoms with Crippen LogP contribution < -0.4 is 0 Å². The Kier molecular flexibility index (Phi) is 5.08. The largest absolute Gasteiger partial charge is 0.292 e. The van der Waals surface area contributed by atoms with Gasteiger partial charge in [-0.05, 0) is 37.1 Å². The predicted molar refractivity (Wildman–Crippen MR) is 81.9 cm³/mol. The molecule has 3 heteroatoms. The Labute approximate surface area is 125 Å². The molecule has 0 N–H and O–H groups in total. The molecule has 0 fully saturated rings. The molecule has 2 rings (SSSR count). The van der Waals surface area contributed by atoms with E-state index in [-0.39, 0.29) is 5.56 Å². The average Bonchev–Trinajstić information content (AvgIpc) is 2.49. The van der Waals surface area contributed by atoms with Crippen molar-refractivity contribution in [2.24, 2.45) is 0 Å². The van der Waals surface area contributed by atoms with Crippen molar-refractivity contribution in [3.05, 3.63) is 71.0 Å². The topological polar surface area (TPSA) is 27.0 Å². The lowest BCUT2D eigenvalue weighted by molar-refractivity contribution is 0.203. The Bertz CT molecular complexity index is 629. The number of nitrogens with zero attached hydrogens (tertiary/aromatic N) is 2. The average molecular weight is 282 g/mol. The molecule has 0 aliphatic carbocycles. The lowest BCUT2D eigenvalue weighted by atomic mass is 10.1. The Hall–Kier alpha value is -2.18. The fourth-order valence-electron chi connectivity index (χ4n) is 2.23. The highest BCUT2D eigenvalue weighted by Crippen LogP contribution is 2.15. The van der Waals surface area contributed by atoms with Gasteiger partial charge in [-0.1, -0.05) is 36.4 Å². The Morgan fingerprint density at radius 2 is 1.71 bits per heavy atom.